The molecule has 22 heavy (non-hydrogen) atoms. The van der Waals surface area contributed by atoms with Crippen LogP contribution in [0.25, 0.3) is 0 Å². The summed E-state index contributed by atoms with van der Waals surface area (Å²) in [4.78, 5) is 8.83. The molecule has 3 nitrogen and oxygen atoms in total. The van der Waals surface area contributed by atoms with Gasteiger partial charge in [0.25, 0.3) is 0 Å². The predicted molar refractivity (Wildman–Crippen MR) is 81.1 cm³/mol. The van der Waals surface area contributed by atoms with E-state index in [4.69, 9.17) is 0 Å². The molecule has 1 fully saturated rings. The van der Waals surface area contributed by atoms with Crippen molar-refractivity contribution < 1.29 is 8.78 Å². The Morgan fingerprint density at radius 3 is 2.32 bits per heavy atom. The van der Waals surface area contributed by atoms with Crippen molar-refractivity contribution in [1.29, 1.82) is 0 Å². The van der Waals surface area contributed by atoms with Gasteiger partial charge in [-0.1, -0.05) is 6.07 Å². The minimum atomic E-state index is -0.384. The first-order valence-electron chi connectivity index (χ1n) is 7.49. The molecule has 1 saturated heterocycles. The summed E-state index contributed by atoms with van der Waals surface area (Å²) in [7, 11) is 0. The molecular formula is C17H19F2N3. The van der Waals surface area contributed by atoms with E-state index >= 15 is 0 Å². The number of benzene rings is 1. The summed E-state index contributed by atoms with van der Waals surface area (Å²) in [6.07, 6.45) is 1.80. The van der Waals surface area contributed by atoms with Gasteiger partial charge in [-0.2, -0.15) is 0 Å². The van der Waals surface area contributed by atoms with Crippen LogP contribution in [0.4, 0.5) is 8.78 Å². The summed E-state index contributed by atoms with van der Waals surface area (Å²) < 4.78 is 26.9. The van der Waals surface area contributed by atoms with E-state index in [1.54, 1.807) is 6.20 Å². The monoisotopic (exact) mass is 303 g/mol. The van der Waals surface area contributed by atoms with Gasteiger partial charge in [-0.15, -0.1) is 0 Å². The third kappa shape index (κ3) is 3.87. The Hall–Kier alpha value is -1.85. The lowest BCUT2D eigenvalue weighted by Crippen LogP contribution is -2.45. The van der Waals surface area contributed by atoms with Crippen molar-refractivity contribution in [2.24, 2.45) is 0 Å². The lowest BCUT2D eigenvalue weighted by molar-refractivity contribution is 0.120. The molecule has 1 aromatic carbocycles. The molecule has 1 aliphatic heterocycles. The molecule has 1 aliphatic rings. The first kappa shape index (κ1) is 15.1. The fourth-order valence-corrected chi connectivity index (χ4v) is 2.73. The molecule has 5 heteroatoms. The molecule has 2 aromatic rings. The standard InChI is InChI=1S/C17H19F2N3/c18-15-4-5-17(19)14(11-15)12-21-7-9-22(10-8-21)13-16-3-1-2-6-20-16/h1-6,11H,7-10,12-13H2. The lowest BCUT2D eigenvalue weighted by atomic mass is 10.1. The Labute approximate surface area is 129 Å². The summed E-state index contributed by atoms with van der Waals surface area (Å²) >= 11 is 0. The summed E-state index contributed by atoms with van der Waals surface area (Å²) in [5.74, 6) is -0.720. The molecule has 0 N–H and O–H groups in total. The van der Waals surface area contributed by atoms with Crippen molar-refractivity contribution in [2.75, 3.05) is 26.2 Å². The predicted octanol–water partition coefficient (Wildman–Crippen LogP) is 2.68. The van der Waals surface area contributed by atoms with Gasteiger partial charge in [-0.25, -0.2) is 8.78 Å². The highest BCUT2D eigenvalue weighted by Crippen LogP contribution is 2.14. The Balaban J connectivity index is 1.52. The van der Waals surface area contributed by atoms with E-state index in [0.717, 1.165) is 44.5 Å². The second-order valence-corrected chi connectivity index (χ2v) is 5.61. The minimum Gasteiger partial charge on any atom is -0.296 e. The number of aromatic nitrogens is 1. The van der Waals surface area contributed by atoms with Gasteiger partial charge in [0.05, 0.1) is 5.69 Å². The van der Waals surface area contributed by atoms with Crippen LogP contribution in [0.2, 0.25) is 0 Å². The number of nitrogens with zero attached hydrogens (tertiary/aromatic N) is 3. The summed E-state index contributed by atoms with van der Waals surface area (Å²) in [5, 5.41) is 0. The quantitative estimate of drug-likeness (QED) is 0.866. The van der Waals surface area contributed by atoms with E-state index in [1.807, 2.05) is 18.2 Å². The van der Waals surface area contributed by atoms with Crippen molar-refractivity contribution in [3.63, 3.8) is 0 Å². The molecule has 0 amide bonds. The molecule has 0 radical (unpaired) electrons. The highest BCUT2D eigenvalue weighted by molar-refractivity contribution is 5.18. The second kappa shape index (κ2) is 6.94. The number of hydrogen-bond acceptors (Lipinski definition) is 3. The zero-order valence-electron chi connectivity index (χ0n) is 12.4. The van der Waals surface area contributed by atoms with Crippen LogP contribution in [-0.4, -0.2) is 41.0 Å². The molecule has 116 valence electrons. The van der Waals surface area contributed by atoms with Gasteiger partial charge in [0, 0.05) is 51.0 Å². The summed E-state index contributed by atoms with van der Waals surface area (Å²) in [6.45, 7) is 4.82. The van der Waals surface area contributed by atoms with E-state index in [1.165, 1.54) is 12.1 Å². The average Bonchev–Trinajstić information content (AvgIpc) is 2.54. The van der Waals surface area contributed by atoms with Crippen LogP contribution in [0.5, 0.6) is 0 Å². The van der Waals surface area contributed by atoms with Crippen LogP contribution in [-0.2, 0) is 13.1 Å². The van der Waals surface area contributed by atoms with E-state index in [2.05, 4.69) is 14.8 Å². The van der Waals surface area contributed by atoms with Crippen LogP contribution in [0.3, 0.4) is 0 Å². The zero-order valence-corrected chi connectivity index (χ0v) is 12.4. The van der Waals surface area contributed by atoms with Crippen molar-refractivity contribution in [1.82, 2.24) is 14.8 Å². The molecule has 0 saturated carbocycles. The average molecular weight is 303 g/mol. The Kier molecular flexibility index (Phi) is 4.75. The smallest absolute Gasteiger partial charge is 0.127 e. The van der Waals surface area contributed by atoms with E-state index < -0.39 is 0 Å². The summed E-state index contributed by atoms with van der Waals surface area (Å²) in [5.41, 5.74) is 1.49. The van der Waals surface area contributed by atoms with Gasteiger partial charge in [-0.05, 0) is 30.3 Å². The fourth-order valence-electron chi connectivity index (χ4n) is 2.73. The maximum Gasteiger partial charge on any atom is 0.127 e. The lowest BCUT2D eigenvalue weighted by Gasteiger charge is -2.34. The number of hydrogen-bond donors (Lipinski definition) is 0. The van der Waals surface area contributed by atoms with E-state index in [0.29, 0.717) is 12.1 Å². The van der Waals surface area contributed by atoms with Crippen molar-refractivity contribution >= 4 is 0 Å². The highest BCUT2D eigenvalue weighted by atomic mass is 19.1. The van der Waals surface area contributed by atoms with Crippen LogP contribution in [0, 0.1) is 11.6 Å². The largest absolute Gasteiger partial charge is 0.296 e. The fraction of sp³-hybridized carbons (Fsp3) is 0.353. The molecule has 2 heterocycles. The van der Waals surface area contributed by atoms with E-state index in [9.17, 15) is 8.78 Å². The molecule has 1 aromatic heterocycles. The van der Waals surface area contributed by atoms with Gasteiger partial charge >= 0.3 is 0 Å². The van der Waals surface area contributed by atoms with Gasteiger partial charge < -0.3 is 0 Å². The molecule has 3 rings (SSSR count). The van der Waals surface area contributed by atoms with Gasteiger partial charge in [0.15, 0.2) is 0 Å². The zero-order chi connectivity index (χ0) is 15.4. The highest BCUT2D eigenvalue weighted by Gasteiger charge is 2.18. The number of pyridine rings is 1. The molecule has 0 aliphatic carbocycles. The van der Waals surface area contributed by atoms with Crippen LogP contribution < -0.4 is 0 Å². The molecule has 0 bridgehead atoms. The maximum absolute atomic E-state index is 13.7. The Bertz CT molecular complexity index is 611. The normalized spacial score (nSPS) is 16.8. The number of rotatable bonds is 4. The number of halogens is 2. The topological polar surface area (TPSA) is 19.4 Å². The van der Waals surface area contributed by atoms with Crippen molar-refractivity contribution in [3.05, 3.63) is 65.5 Å². The molecule has 0 spiro atoms. The molecular weight excluding hydrogens is 284 g/mol. The van der Waals surface area contributed by atoms with Crippen LogP contribution >= 0.6 is 0 Å². The van der Waals surface area contributed by atoms with Gasteiger partial charge in [-0.3, -0.25) is 14.8 Å². The SMILES string of the molecule is Fc1ccc(F)c(CN2CCN(Cc3ccccn3)CC2)c1. The minimum absolute atomic E-state index is 0.336. The van der Waals surface area contributed by atoms with E-state index in [-0.39, 0.29) is 11.6 Å². The third-order valence-corrected chi connectivity index (χ3v) is 3.98. The van der Waals surface area contributed by atoms with Gasteiger partial charge in [0.2, 0.25) is 0 Å². The van der Waals surface area contributed by atoms with Crippen molar-refractivity contribution in [3.8, 4) is 0 Å². The van der Waals surface area contributed by atoms with Crippen LogP contribution in [0.1, 0.15) is 11.3 Å². The summed E-state index contributed by atoms with van der Waals surface area (Å²) in [6, 6.07) is 9.57. The molecule has 0 atom stereocenters. The maximum atomic E-state index is 13.7. The third-order valence-electron chi connectivity index (χ3n) is 3.98. The number of piperazine rings is 1. The Morgan fingerprint density at radius 2 is 1.64 bits per heavy atom. The second-order valence-electron chi connectivity index (χ2n) is 5.61. The van der Waals surface area contributed by atoms with Crippen molar-refractivity contribution in [2.45, 2.75) is 13.1 Å². The first-order chi connectivity index (χ1) is 10.7. The van der Waals surface area contributed by atoms with Crippen LogP contribution in [0.15, 0.2) is 42.6 Å². The molecule has 0 unspecified atom stereocenters. The first-order valence-corrected chi connectivity index (χ1v) is 7.49. The Morgan fingerprint density at radius 1 is 0.909 bits per heavy atom. The van der Waals surface area contributed by atoms with Gasteiger partial charge in [0.1, 0.15) is 11.6 Å².